The fourth-order valence-corrected chi connectivity index (χ4v) is 4.31. The lowest BCUT2D eigenvalue weighted by Crippen LogP contribution is -2.48. The SMILES string of the molecule is CC[C@H](c1nnnn1Cc1ccc2c(c1)OCO2)N1CCN(c2ccccc2)CC1. The van der Waals surface area contributed by atoms with Gasteiger partial charge in [-0.2, -0.15) is 0 Å². The fourth-order valence-electron chi connectivity index (χ4n) is 4.31. The van der Waals surface area contributed by atoms with E-state index in [0.717, 1.165) is 55.5 Å². The molecule has 3 heterocycles. The van der Waals surface area contributed by atoms with E-state index in [1.165, 1.54) is 5.69 Å². The summed E-state index contributed by atoms with van der Waals surface area (Å²) in [6, 6.07) is 16.8. The van der Waals surface area contributed by atoms with Gasteiger partial charge >= 0.3 is 0 Å². The molecule has 3 aromatic rings. The number of hydrogen-bond donors (Lipinski definition) is 0. The highest BCUT2D eigenvalue weighted by atomic mass is 16.7. The molecule has 5 rings (SSSR count). The average molecular weight is 406 g/mol. The summed E-state index contributed by atoms with van der Waals surface area (Å²) >= 11 is 0. The molecule has 2 aromatic carbocycles. The van der Waals surface area contributed by atoms with E-state index in [1.54, 1.807) is 0 Å². The summed E-state index contributed by atoms with van der Waals surface area (Å²) in [4.78, 5) is 4.94. The number of rotatable bonds is 6. The molecule has 1 atom stereocenters. The molecule has 0 amide bonds. The molecule has 0 radical (unpaired) electrons. The molecule has 0 unspecified atom stereocenters. The zero-order chi connectivity index (χ0) is 20.3. The summed E-state index contributed by atoms with van der Waals surface area (Å²) in [6.45, 7) is 7.08. The number of fused-ring (bicyclic) bond motifs is 1. The van der Waals surface area contributed by atoms with Crippen LogP contribution in [-0.4, -0.2) is 58.1 Å². The quantitative estimate of drug-likeness (QED) is 0.623. The Balaban J connectivity index is 1.29. The van der Waals surface area contributed by atoms with Crippen LogP contribution >= 0.6 is 0 Å². The van der Waals surface area contributed by atoms with Gasteiger partial charge in [0.25, 0.3) is 0 Å². The molecule has 8 heteroatoms. The second kappa shape index (κ2) is 8.31. The topological polar surface area (TPSA) is 68.5 Å². The first kappa shape index (κ1) is 18.9. The lowest BCUT2D eigenvalue weighted by atomic mass is 10.1. The fraction of sp³-hybridized carbons (Fsp3) is 0.409. The normalized spacial score (nSPS) is 17.3. The number of anilines is 1. The Bertz CT molecular complexity index is 984. The second-order valence-electron chi connectivity index (χ2n) is 7.66. The molecule has 0 saturated carbocycles. The lowest BCUT2D eigenvalue weighted by Gasteiger charge is -2.39. The number of piperazine rings is 1. The van der Waals surface area contributed by atoms with Gasteiger partial charge in [0.15, 0.2) is 17.3 Å². The average Bonchev–Trinajstić information content (AvgIpc) is 3.45. The van der Waals surface area contributed by atoms with Gasteiger partial charge in [-0.3, -0.25) is 4.90 Å². The zero-order valence-electron chi connectivity index (χ0n) is 17.1. The molecule has 1 saturated heterocycles. The molecular weight excluding hydrogens is 380 g/mol. The number of nitrogens with zero attached hydrogens (tertiary/aromatic N) is 6. The molecule has 0 bridgehead atoms. The number of para-hydroxylation sites is 1. The monoisotopic (exact) mass is 406 g/mol. The van der Waals surface area contributed by atoms with E-state index in [2.05, 4.69) is 62.6 Å². The Morgan fingerprint density at radius 3 is 2.57 bits per heavy atom. The molecule has 8 nitrogen and oxygen atoms in total. The van der Waals surface area contributed by atoms with Crippen LogP contribution in [0.25, 0.3) is 0 Å². The van der Waals surface area contributed by atoms with Gasteiger partial charge in [0.1, 0.15) is 0 Å². The van der Waals surface area contributed by atoms with Gasteiger partial charge in [-0.05, 0) is 46.7 Å². The highest BCUT2D eigenvalue weighted by Crippen LogP contribution is 2.33. The molecule has 1 aromatic heterocycles. The van der Waals surface area contributed by atoms with Crippen molar-refractivity contribution in [2.24, 2.45) is 0 Å². The maximum atomic E-state index is 5.50. The number of tetrazole rings is 1. The smallest absolute Gasteiger partial charge is 0.231 e. The number of ether oxygens (including phenoxy) is 2. The third-order valence-electron chi connectivity index (χ3n) is 5.89. The summed E-state index contributed by atoms with van der Waals surface area (Å²) in [5, 5.41) is 12.7. The number of aromatic nitrogens is 4. The van der Waals surface area contributed by atoms with Crippen LogP contribution in [0.4, 0.5) is 5.69 Å². The van der Waals surface area contributed by atoms with Gasteiger partial charge in [-0.1, -0.05) is 31.2 Å². The molecule has 2 aliphatic heterocycles. The second-order valence-corrected chi connectivity index (χ2v) is 7.66. The first-order chi connectivity index (χ1) is 14.8. The zero-order valence-corrected chi connectivity index (χ0v) is 17.1. The van der Waals surface area contributed by atoms with Crippen LogP contribution < -0.4 is 14.4 Å². The van der Waals surface area contributed by atoms with E-state index in [0.29, 0.717) is 6.54 Å². The maximum absolute atomic E-state index is 5.50. The van der Waals surface area contributed by atoms with E-state index in [4.69, 9.17) is 9.47 Å². The minimum Gasteiger partial charge on any atom is -0.454 e. The Morgan fingerprint density at radius 1 is 0.967 bits per heavy atom. The third-order valence-corrected chi connectivity index (χ3v) is 5.89. The van der Waals surface area contributed by atoms with Crippen LogP contribution in [0.5, 0.6) is 11.5 Å². The van der Waals surface area contributed by atoms with Crippen LogP contribution in [0.3, 0.4) is 0 Å². The highest BCUT2D eigenvalue weighted by molar-refractivity contribution is 5.46. The van der Waals surface area contributed by atoms with Gasteiger partial charge in [0.2, 0.25) is 6.79 Å². The molecule has 0 N–H and O–H groups in total. The predicted octanol–water partition coefficient (Wildman–Crippen LogP) is 2.72. The Hall–Kier alpha value is -3.13. The third kappa shape index (κ3) is 3.70. The van der Waals surface area contributed by atoms with Crippen molar-refractivity contribution < 1.29 is 9.47 Å². The Morgan fingerprint density at radius 2 is 1.77 bits per heavy atom. The Kier molecular flexibility index (Phi) is 5.23. The number of hydrogen-bond acceptors (Lipinski definition) is 7. The standard InChI is InChI=1S/C22H26N6O2/c1-2-19(27-12-10-26(11-13-27)18-6-4-3-5-7-18)22-23-24-25-28(22)15-17-8-9-20-21(14-17)30-16-29-20/h3-9,14,19H,2,10-13,15-16H2,1H3/t19-/m1/s1. The molecule has 156 valence electrons. The lowest BCUT2D eigenvalue weighted by molar-refractivity contribution is 0.169. The van der Waals surface area contributed by atoms with Crippen molar-refractivity contribution >= 4 is 5.69 Å². The van der Waals surface area contributed by atoms with Crippen molar-refractivity contribution in [2.45, 2.75) is 25.9 Å². The van der Waals surface area contributed by atoms with Crippen molar-refractivity contribution in [1.29, 1.82) is 0 Å². The minimum absolute atomic E-state index is 0.201. The minimum atomic E-state index is 0.201. The summed E-state index contributed by atoms with van der Waals surface area (Å²) in [5.41, 5.74) is 2.38. The molecular formula is C22H26N6O2. The van der Waals surface area contributed by atoms with E-state index in [1.807, 2.05) is 22.9 Å². The van der Waals surface area contributed by atoms with Gasteiger partial charge in [0, 0.05) is 31.9 Å². The van der Waals surface area contributed by atoms with E-state index >= 15 is 0 Å². The van der Waals surface area contributed by atoms with Gasteiger partial charge in [0.05, 0.1) is 12.6 Å². The maximum Gasteiger partial charge on any atom is 0.231 e. The largest absolute Gasteiger partial charge is 0.454 e. The van der Waals surface area contributed by atoms with Crippen molar-refractivity contribution in [3.8, 4) is 11.5 Å². The summed E-state index contributed by atoms with van der Waals surface area (Å²) in [7, 11) is 0. The first-order valence-electron chi connectivity index (χ1n) is 10.5. The van der Waals surface area contributed by atoms with Crippen LogP contribution in [0.15, 0.2) is 48.5 Å². The van der Waals surface area contributed by atoms with Gasteiger partial charge < -0.3 is 14.4 Å². The highest BCUT2D eigenvalue weighted by Gasteiger charge is 2.28. The Labute approximate surface area is 176 Å². The van der Waals surface area contributed by atoms with Crippen molar-refractivity contribution in [3.05, 3.63) is 59.9 Å². The summed E-state index contributed by atoms with van der Waals surface area (Å²) in [5.74, 6) is 2.49. The van der Waals surface area contributed by atoms with Gasteiger partial charge in [-0.25, -0.2) is 4.68 Å². The van der Waals surface area contributed by atoms with Crippen LogP contribution in [0, 0.1) is 0 Å². The van der Waals surface area contributed by atoms with Crippen molar-refractivity contribution in [2.75, 3.05) is 37.9 Å². The molecule has 30 heavy (non-hydrogen) atoms. The van der Waals surface area contributed by atoms with E-state index in [-0.39, 0.29) is 12.8 Å². The molecule has 2 aliphatic rings. The molecule has 0 spiro atoms. The van der Waals surface area contributed by atoms with Crippen LogP contribution in [0.2, 0.25) is 0 Å². The molecule has 0 aliphatic carbocycles. The first-order valence-corrected chi connectivity index (χ1v) is 10.5. The van der Waals surface area contributed by atoms with Crippen molar-refractivity contribution in [3.63, 3.8) is 0 Å². The van der Waals surface area contributed by atoms with Gasteiger partial charge in [-0.15, -0.1) is 5.10 Å². The summed E-state index contributed by atoms with van der Waals surface area (Å²) < 4.78 is 12.8. The summed E-state index contributed by atoms with van der Waals surface area (Å²) in [6.07, 6.45) is 0.965. The predicted molar refractivity (Wildman–Crippen MR) is 113 cm³/mol. The van der Waals surface area contributed by atoms with E-state index in [9.17, 15) is 0 Å². The van der Waals surface area contributed by atoms with Crippen molar-refractivity contribution in [1.82, 2.24) is 25.1 Å². The van der Waals surface area contributed by atoms with Crippen LogP contribution in [-0.2, 0) is 6.54 Å². The number of benzene rings is 2. The van der Waals surface area contributed by atoms with E-state index < -0.39 is 0 Å². The van der Waals surface area contributed by atoms with Crippen LogP contribution in [0.1, 0.15) is 30.8 Å². The molecule has 1 fully saturated rings.